The second-order valence-electron chi connectivity index (χ2n) is 4.09. The van der Waals surface area contributed by atoms with Crippen molar-refractivity contribution in [3.63, 3.8) is 0 Å². The highest BCUT2D eigenvalue weighted by molar-refractivity contribution is 5.50. The molecule has 3 rings (SSSR count). The minimum atomic E-state index is 0.244. The Labute approximate surface area is 116 Å². The number of aromatic nitrogens is 2. The van der Waals surface area contributed by atoms with Crippen molar-refractivity contribution in [2.75, 3.05) is 5.32 Å². The first-order valence-corrected chi connectivity index (χ1v) is 6.22. The monoisotopic (exact) mass is 267 g/mol. The lowest BCUT2D eigenvalue weighted by molar-refractivity contribution is 0.265. The molecular weight excluding hydrogens is 254 g/mol. The zero-order valence-electron chi connectivity index (χ0n) is 10.7. The van der Waals surface area contributed by atoms with Gasteiger partial charge >= 0.3 is 6.01 Å². The standard InChI is InChI=1S/C15H13N3O2/c1-3-7-12(8-4-1)16-15-18-17-14(20-15)11-19-13-9-5-2-6-10-13/h1-10H,11H2,(H,16,18). The summed E-state index contributed by atoms with van der Waals surface area (Å²) >= 11 is 0. The number of ether oxygens (including phenoxy) is 1. The fourth-order valence-corrected chi connectivity index (χ4v) is 1.67. The van der Waals surface area contributed by atoms with Crippen LogP contribution in [0.25, 0.3) is 0 Å². The third-order valence-electron chi connectivity index (χ3n) is 2.60. The first-order chi connectivity index (χ1) is 9.90. The Morgan fingerprint density at radius 2 is 1.60 bits per heavy atom. The summed E-state index contributed by atoms with van der Waals surface area (Å²) in [5, 5.41) is 10.9. The quantitative estimate of drug-likeness (QED) is 0.767. The second kappa shape index (κ2) is 5.88. The maximum atomic E-state index is 5.53. The van der Waals surface area contributed by atoms with Crippen LogP contribution in [0, 0.1) is 0 Å². The Kier molecular flexibility index (Phi) is 3.59. The summed E-state index contributed by atoms with van der Waals surface area (Å²) in [6.07, 6.45) is 0. The molecule has 20 heavy (non-hydrogen) atoms. The minimum Gasteiger partial charge on any atom is -0.484 e. The van der Waals surface area contributed by atoms with E-state index in [2.05, 4.69) is 15.5 Å². The summed E-state index contributed by atoms with van der Waals surface area (Å²) in [5.41, 5.74) is 0.895. The molecule has 0 bridgehead atoms. The van der Waals surface area contributed by atoms with Gasteiger partial charge in [0.05, 0.1) is 0 Å². The molecule has 1 aromatic heterocycles. The predicted octanol–water partition coefficient (Wildman–Crippen LogP) is 3.39. The van der Waals surface area contributed by atoms with E-state index in [-0.39, 0.29) is 6.61 Å². The van der Waals surface area contributed by atoms with Gasteiger partial charge in [-0.15, -0.1) is 5.10 Å². The van der Waals surface area contributed by atoms with Gasteiger partial charge in [-0.05, 0) is 24.3 Å². The van der Waals surface area contributed by atoms with Gasteiger partial charge in [-0.2, -0.15) is 0 Å². The number of nitrogens with one attached hydrogen (secondary N) is 1. The average Bonchev–Trinajstić information content (AvgIpc) is 2.95. The van der Waals surface area contributed by atoms with Crippen LogP contribution < -0.4 is 10.1 Å². The van der Waals surface area contributed by atoms with Crippen molar-refractivity contribution in [3.8, 4) is 5.75 Å². The van der Waals surface area contributed by atoms with E-state index in [1.807, 2.05) is 60.7 Å². The first-order valence-electron chi connectivity index (χ1n) is 6.22. The Bertz CT molecular complexity index is 653. The van der Waals surface area contributed by atoms with Crippen LogP contribution in [0.2, 0.25) is 0 Å². The zero-order valence-corrected chi connectivity index (χ0v) is 10.7. The molecule has 0 spiro atoms. The zero-order chi connectivity index (χ0) is 13.6. The van der Waals surface area contributed by atoms with Crippen LogP contribution in [0.1, 0.15) is 5.89 Å². The van der Waals surface area contributed by atoms with E-state index in [0.29, 0.717) is 11.9 Å². The van der Waals surface area contributed by atoms with Gasteiger partial charge in [0.2, 0.25) is 0 Å². The summed E-state index contributed by atoms with van der Waals surface area (Å²) in [7, 11) is 0. The molecule has 0 unspecified atom stereocenters. The summed E-state index contributed by atoms with van der Waals surface area (Å²) in [6.45, 7) is 0.244. The third-order valence-corrected chi connectivity index (χ3v) is 2.60. The molecule has 0 saturated heterocycles. The van der Waals surface area contributed by atoms with Gasteiger partial charge in [-0.25, -0.2) is 0 Å². The van der Waals surface area contributed by atoms with E-state index in [4.69, 9.17) is 9.15 Å². The molecular formula is C15H13N3O2. The Balaban J connectivity index is 1.60. The molecule has 5 nitrogen and oxygen atoms in total. The van der Waals surface area contributed by atoms with E-state index in [0.717, 1.165) is 11.4 Å². The third kappa shape index (κ3) is 3.14. The smallest absolute Gasteiger partial charge is 0.320 e. The van der Waals surface area contributed by atoms with Crippen molar-refractivity contribution in [1.82, 2.24) is 10.2 Å². The fraction of sp³-hybridized carbons (Fsp3) is 0.0667. The summed E-state index contributed by atoms with van der Waals surface area (Å²) in [6, 6.07) is 19.5. The topological polar surface area (TPSA) is 60.2 Å². The predicted molar refractivity (Wildman–Crippen MR) is 74.8 cm³/mol. The van der Waals surface area contributed by atoms with Gasteiger partial charge in [0.25, 0.3) is 5.89 Å². The molecule has 0 radical (unpaired) electrons. The van der Waals surface area contributed by atoms with Crippen LogP contribution in [-0.2, 0) is 6.61 Å². The molecule has 1 heterocycles. The van der Waals surface area contributed by atoms with Crippen LogP contribution in [0.5, 0.6) is 5.75 Å². The Morgan fingerprint density at radius 1 is 0.900 bits per heavy atom. The van der Waals surface area contributed by atoms with Gasteiger partial charge in [0, 0.05) is 5.69 Å². The number of para-hydroxylation sites is 2. The number of benzene rings is 2. The summed E-state index contributed by atoms with van der Waals surface area (Å²) in [4.78, 5) is 0. The Hall–Kier alpha value is -2.82. The molecule has 0 saturated carbocycles. The lowest BCUT2D eigenvalue weighted by Gasteiger charge is -2.02. The first kappa shape index (κ1) is 12.2. The van der Waals surface area contributed by atoms with E-state index < -0.39 is 0 Å². The molecule has 0 fully saturated rings. The van der Waals surface area contributed by atoms with Crippen LogP contribution in [-0.4, -0.2) is 10.2 Å². The SMILES string of the molecule is c1ccc(Nc2nnc(COc3ccccc3)o2)cc1. The number of hydrogen-bond donors (Lipinski definition) is 1. The minimum absolute atomic E-state index is 0.244. The molecule has 0 atom stereocenters. The van der Waals surface area contributed by atoms with Crippen LogP contribution in [0.15, 0.2) is 65.1 Å². The van der Waals surface area contributed by atoms with E-state index in [9.17, 15) is 0 Å². The second-order valence-corrected chi connectivity index (χ2v) is 4.09. The molecule has 0 aliphatic heterocycles. The van der Waals surface area contributed by atoms with Gasteiger partial charge < -0.3 is 14.5 Å². The number of anilines is 2. The number of rotatable bonds is 5. The van der Waals surface area contributed by atoms with E-state index in [1.54, 1.807) is 0 Å². The molecule has 3 aromatic rings. The molecule has 0 amide bonds. The van der Waals surface area contributed by atoms with Crippen molar-refractivity contribution in [3.05, 3.63) is 66.6 Å². The van der Waals surface area contributed by atoms with Crippen LogP contribution >= 0.6 is 0 Å². The molecule has 0 aliphatic carbocycles. The molecule has 100 valence electrons. The van der Waals surface area contributed by atoms with Crippen LogP contribution in [0.4, 0.5) is 11.7 Å². The lowest BCUT2D eigenvalue weighted by Crippen LogP contribution is -1.95. The molecule has 1 N–H and O–H groups in total. The van der Waals surface area contributed by atoms with Crippen molar-refractivity contribution < 1.29 is 9.15 Å². The average molecular weight is 267 g/mol. The molecule has 5 heteroatoms. The van der Waals surface area contributed by atoms with Gasteiger partial charge in [0.1, 0.15) is 5.75 Å². The fourth-order valence-electron chi connectivity index (χ4n) is 1.67. The van der Waals surface area contributed by atoms with Crippen molar-refractivity contribution >= 4 is 11.7 Å². The van der Waals surface area contributed by atoms with Gasteiger partial charge in [-0.3, -0.25) is 0 Å². The Morgan fingerprint density at radius 3 is 2.35 bits per heavy atom. The van der Waals surface area contributed by atoms with Crippen molar-refractivity contribution in [2.45, 2.75) is 6.61 Å². The molecule has 0 aliphatic rings. The maximum absolute atomic E-state index is 5.53. The highest BCUT2D eigenvalue weighted by Gasteiger charge is 2.06. The number of nitrogens with zero attached hydrogens (tertiary/aromatic N) is 2. The van der Waals surface area contributed by atoms with Crippen molar-refractivity contribution in [1.29, 1.82) is 0 Å². The molecule has 2 aromatic carbocycles. The highest BCUT2D eigenvalue weighted by Crippen LogP contribution is 2.16. The highest BCUT2D eigenvalue weighted by atomic mass is 16.5. The lowest BCUT2D eigenvalue weighted by atomic mass is 10.3. The van der Waals surface area contributed by atoms with Gasteiger partial charge in [-0.1, -0.05) is 41.5 Å². The van der Waals surface area contributed by atoms with E-state index >= 15 is 0 Å². The normalized spacial score (nSPS) is 10.2. The summed E-state index contributed by atoms with van der Waals surface area (Å²) in [5.74, 6) is 1.19. The summed E-state index contributed by atoms with van der Waals surface area (Å²) < 4.78 is 11.0. The van der Waals surface area contributed by atoms with Crippen molar-refractivity contribution in [2.24, 2.45) is 0 Å². The van der Waals surface area contributed by atoms with Gasteiger partial charge in [0.15, 0.2) is 6.61 Å². The van der Waals surface area contributed by atoms with Crippen LogP contribution in [0.3, 0.4) is 0 Å². The number of hydrogen-bond acceptors (Lipinski definition) is 5. The largest absolute Gasteiger partial charge is 0.484 e. The van der Waals surface area contributed by atoms with E-state index in [1.165, 1.54) is 0 Å². The maximum Gasteiger partial charge on any atom is 0.320 e.